The smallest absolute Gasteiger partial charge is 0.187 e. The quantitative estimate of drug-likeness (QED) is 0.543. The van der Waals surface area contributed by atoms with Gasteiger partial charge in [-0.05, 0) is 31.9 Å². The molecule has 1 rings (SSSR count). The van der Waals surface area contributed by atoms with Gasteiger partial charge < -0.3 is 4.55 Å². The molecule has 0 spiro atoms. The van der Waals surface area contributed by atoms with Gasteiger partial charge in [0, 0.05) is 18.9 Å². The van der Waals surface area contributed by atoms with E-state index in [-0.39, 0.29) is 18.9 Å². The van der Waals surface area contributed by atoms with Crippen molar-refractivity contribution in [3.8, 4) is 0 Å². The maximum atomic E-state index is 10.9. The number of hydrogen-bond acceptors (Lipinski definition) is 1. The van der Waals surface area contributed by atoms with Gasteiger partial charge in [0.2, 0.25) is 0 Å². The van der Waals surface area contributed by atoms with Crippen LogP contribution in [0.25, 0.3) is 0 Å². The second-order valence-corrected chi connectivity index (χ2v) is 3.88. The van der Waals surface area contributed by atoms with Crippen LogP contribution in [0.4, 0.5) is 0 Å². The summed E-state index contributed by atoms with van der Waals surface area (Å²) in [6, 6.07) is 3.83. The largest absolute Gasteiger partial charge is 0.302 e. The molecule has 13 heavy (non-hydrogen) atoms. The van der Waals surface area contributed by atoms with E-state index in [4.69, 9.17) is 4.55 Å². The van der Waals surface area contributed by atoms with Gasteiger partial charge in [0.15, 0.2) is 11.1 Å². The van der Waals surface area contributed by atoms with Gasteiger partial charge in [-0.2, -0.15) is 0 Å². The van der Waals surface area contributed by atoms with E-state index in [0.717, 1.165) is 16.7 Å². The average Bonchev–Trinajstić information content (AvgIpc) is 1.82. The van der Waals surface area contributed by atoms with Crippen molar-refractivity contribution in [3.63, 3.8) is 0 Å². The van der Waals surface area contributed by atoms with Crippen molar-refractivity contribution in [1.29, 1.82) is 0 Å². The minimum atomic E-state index is -1.86. The van der Waals surface area contributed by atoms with Crippen molar-refractivity contribution in [3.05, 3.63) is 28.8 Å². The summed E-state index contributed by atoms with van der Waals surface area (Å²) in [6.07, 6.45) is 0. The fraction of sp³-hybridized carbons (Fsp3) is 0.333. The molecule has 4 heteroatoms. The number of hydrogen-bond donors (Lipinski definition) is 1. The van der Waals surface area contributed by atoms with Crippen LogP contribution in [0.3, 0.4) is 0 Å². The number of rotatable bonds is 1. The Morgan fingerprint density at radius 1 is 1.15 bits per heavy atom. The third-order valence-corrected chi connectivity index (χ3v) is 2.77. The van der Waals surface area contributed by atoms with Crippen LogP contribution in [-0.4, -0.2) is 27.6 Å². The predicted octanol–water partition coefficient (Wildman–Crippen LogP) is 1.81. The van der Waals surface area contributed by atoms with Crippen molar-refractivity contribution < 1.29 is 8.76 Å². The summed E-state index contributed by atoms with van der Waals surface area (Å²) >= 11 is -1.86. The van der Waals surface area contributed by atoms with Crippen molar-refractivity contribution in [2.45, 2.75) is 25.7 Å². The summed E-state index contributed by atoms with van der Waals surface area (Å²) in [5.74, 6) is 0. The first-order chi connectivity index (χ1) is 5.52. The molecule has 0 amide bonds. The molecule has 0 aliphatic carbocycles. The molecule has 1 N–H and O–H groups in total. The van der Waals surface area contributed by atoms with Crippen LogP contribution in [0.15, 0.2) is 17.0 Å². The van der Waals surface area contributed by atoms with Gasteiger partial charge in [0.25, 0.3) is 0 Å². The van der Waals surface area contributed by atoms with Gasteiger partial charge in [0.05, 0.1) is 4.90 Å². The Kier molecular flexibility index (Phi) is 4.94. The molecule has 1 unspecified atom stereocenters. The Morgan fingerprint density at radius 3 is 1.85 bits per heavy atom. The topological polar surface area (TPSA) is 37.3 Å². The molecule has 1 aromatic carbocycles. The average molecular weight is 191 g/mol. The molecule has 0 aliphatic rings. The molecule has 0 aliphatic heterocycles. The fourth-order valence-electron chi connectivity index (χ4n) is 1.44. The van der Waals surface area contributed by atoms with Gasteiger partial charge >= 0.3 is 0 Å². The Labute approximate surface area is 93.2 Å². The van der Waals surface area contributed by atoms with Crippen LogP contribution in [0.2, 0.25) is 0 Å². The number of benzene rings is 1. The minimum absolute atomic E-state index is 0. The molecule has 2 nitrogen and oxygen atoms in total. The summed E-state index contributed by atoms with van der Waals surface area (Å²) in [5, 5.41) is 0. The van der Waals surface area contributed by atoms with Crippen molar-refractivity contribution >= 4 is 29.9 Å². The Hall–Kier alpha value is -0.0726. The summed E-state index contributed by atoms with van der Waals surface area (Å²) in [6.45, 7) is 5.68. The Balaban J connectivity index is 0.00000144. The van der Waals surface area contributed by atoms with E-state index >= 15 is 0 Å². The maximum Gasteiger partial charge on any atom is 0.187 e. The first-order valence-corrected chi connectivity index (χ1v) is 4.81. The van der Waals surface area contributed by atoms with E-state index in [0.29, 0.717) is 4.90 Å². The van der Waals surface area contributed by atoms with E-state index in [2.05, 4.69) is 0 Å². The van der Waals surface area contributed by atoms with Crippen LogP contribution in [0, 0.1) is 20.8 Å². The molecule has 0 saturated carbocycles. The van der Waals surface area contributed by atoms with E-state index < -0.39 is 11.1 Å². The van der Waals surface area contributed by atoms with Crippen molar-refractivity contribution in [2.75, 3.05) is 0 Å². The third-order valence-electron chi connectivity index (χ3n) is 1.78. The van der Waals surface area contributed by atoms with Crippen LogP contribution in [0.1, 0.15) is 16.7 Å². The summed E-state index contributed by atoms with van der Waals surface area (Å²) in [7, 11) is 0. The van der Waals surface area contributed by atoms with Gasteiger partial charge in [-0.1, -0.05) is 17.7 Å². The van der Waals surface area contributed by atoms with Crippen molar-refractivity contribution in [2.24, 2.45) is 0 Å². The monoisotopic (exact) mass is 191 g/mol. The minimum Gasteiger partial charge on any atom is -0.302 e. The first kappa shape index (κ1) is 12.9. The standard InChI is InChI=1S/C9H12O2S.Li/c1-6-4-7(2)9(12(10)11)8(3)5-6;/h4-5H,1-3H3,(H,10,11);. The zero-order valence-electron chi connectivity index (χ0n) is 8.42. The van der Waals surface area contributed by atoms with Crippen LogP contribution in [0.5, 0.6) is 0 Å². The van der Waals surface area contributed by atoms with Gasteiger partial charge in [0.1, 0.15) is 0 Å². The van der Waals surface area contributed by atoms with Crippen LogP contribution in [-0.2, 0) is 11.1 Å². The fourth-order valence-corrected chi connectivity index (χ4v) is 2.11. The summed E-state index contributed by atoms with van der Waals surface area (Å²) in [5.41, 5.74) is 2.89. The zero-order valence-corrected chi connectivity index (χ0v) is 9.23. The molecular formula is C9H12LiO2S. The molecule has 0 aromatic heterocycles. The molecule has 0 saturated heterocycles. The predicted molar refractivity (Wildman–Crippen MR) is 55.4 cm³/mol. The third kappa shape index (κ3) is 2.96. The molecule has 0 fully saturated rings. The molecule has 1 atom stereocenters. The molecule has 1 radical (unpaired) electrons. The van der Waals surface area contributed by atoms with Gasteiger partial charge in [-0.15, -0.1) is 0 Å². The summed E-state index contributed by atoms with van der Waals surface area (Å²) < 4.78 is 19.8. The maximum absolute atomic E-state index is 10.9. The summed E-state index contributed by atoms with van der Waals surface area (Å²) in [4.78, 5) is 0.542. The van der Waals surface area contributed by atoms with E-state index in [1.54, 1.807) is 0 Å². The molecule has 0 bridgehead atoms. The van der Waals surface area contributed by atoms with Crippen LogP contribution < -0.4 is 0 Å². The van der Waals surface area contributed by atoms with Crippen LogP contribution >= 0.6 is 0 Å². The first-order valence-electron chi connectivity index (χ1n) is 3.71. The van der Waals surface area contributed by atoms with Gasteiger partial charge in [-0.25, -0.2) is 4.21 Å². The SMILES string of the molecule is Cc1cc(C)c(S(=O)O)c(C)c1.[Li]. The molecule has 67 valence electrons. The van der Waals surface area contributed by atoms with E-state index in [1.165, 1.54) is 0 Å². The second-order valence-electron chi connectivity index (χ2n) is 2.98. The molecular weight excluding hydrogens is 179 g/mol. The van der Waals surface area contributed by atoms with E-state index in [9.17, 15) is 4.21 Å². The zero-order chi connectivity index (χ0) is 9.30. The molecule has 0 heterocycles. The Bertz CT molecular complexity index is 313. The molecule has 1 aromatic rings. The van der Waals surface area contributed by atoms with Crippen molar-refractivity contribution in [1.82, 2.24) is 0 Å². The normalized spacial score (nSPS) is 12.0. The second kappa shape index (κ2) is 4.97. The van der Waals surface area contributed by atoms with Gasteiger partial charge in [-0.3, -0.25) is 0 Å². The van der Waals surface area contributed by atoms with E-state index in [1.807, 2.05) is 32.9 Å². The number of aryl methyl sites for hydroxylation is 3. The Morgan fingerprint density at radius 2 is 1.54 bits per heavy atom.